The van der Waals surface area contributed by atoms with Crippen LogP contribution in [0.2, 0.25) is 0 Å². The number of piperidine rings is 1. The minimum atomic E-state index is -0.601. The Labute approximate surface area is 184 Å². The van der Waals surface area contributed by atoms with Crippen molar-refractivity contribution < 1.29 is 23.6 Å². The molecule has 1 N–H and O–H groups in total. The molecule has 1 saturated heterocycles. The predicted molar refractivity (Wildman–Crippen MR) is 117 cm³/mol. The Bertz CT molecular complexity index is 1100. The maximum atomic E-state index is 12.7. The smallest absolute Gasteiger partial charge is 0.298 e. The third kappa shape index (κ3) is 4.29. The summed E-state index contributed by atoms with van der Waals surface area (Å²) in [6, 6.07) is 10.8. The molecule has 0 unspecified atom stereocenters. The Morgan fingerprint density at radius 1 is 1.22 bits per heavy atom. The molecule has 2 heterocycles. The van der Waals surface area contributed by atoms with Crippen molar-refractivity contribution in [2.75, 3.05) is 38.8 Å². The molecule has 3 aromatic rings. The van der Waals surface area contributed by atoms with E-state index in [4.69, 9.17) is 13.9 Å². The van der Waals surface area contributed by atoms with E-state index >= 15 is 0 Å². The molecular formula is C22H24N4O6. The largest absolute Gasteiger partial charge is 0.493 e. The molecule has 1 aliphatic heterocycles. The van der Waals surface area contributed by atoms with Crippen molar-refractivity contribution in [3.63, 3.8) is 0 Å². The van der Waals surface area contributed by atoms with Gasteiger partial charge in [-0.15, -0.1) is 0 Å². The van der Waals surface area contributed by atoms with E-state index in [-0.39, 0.29) is 28.7 Å². The SMILES string of the molecule is COc1cc(C(=O)NCC2CCN(c3nc4ccccc4o3)CC2)c([N+](=O)[O-])cc1OC. The van der Waals surface area contributed by atoms with Crippen LogP contribution < -0.4 is 19.7 Å². The molecule has 0 radical (unpaired) electrons. The van der Waals surface area contributed by atoms with Crippen LogP contribution in [0, 0.1) is 16.0 Å². The van der Waals surface area contributed by atoms with E-state index in [2.05, 4.69) is 15.2 Å². The average Bonchev–Trinajstić information content (AvgIpc) is 3.26. The number of anilines is 1. The highest BCUT2D eigenvalue weighted by Gasteiger charge is 2.27. The van der Waals surface area contributed by atoms with Gasteiger partial charge >= 0.3 is 0 Å². The van der Waals surface area contributed by atoms with Crippen molar-refractivity contribution in [1.82, 2.24) is 10.3 Å². The highest BCUT2D eigenvalue weighted by atomic mass is 16.6. The van der Waals surface area contributed by atoms with Crippen molar-refractivity contribution in [3.8, 4) is 11.5 Å². The number of carbonyl (C=O) groups excluding carboxylic acids is 1. The van der Waals surface area contributed by atoms with Gasteiger partial charge in [0.25, 0.3) is 17.6 Å². The molecule has 0 aliphatic carbocycles. The number of nitro groups is 1. The minimum absolute atomic E-state index is 0.0587. The Kier molecular flexibility index (Phi) is 6.11. The van der Waals surface area contributed by atoms with Gasteiger partial charge in [-0.1, -0.05) is 12.1 Å². The lowest BCUT2D eigenvalue weighted by molar-refractivity contribution is -0.385. The fourth-order valence-electron chi connectivity index (χ4n) is 3.86. The molecule has 0 atom stereocenters. The number of methoxy groups -OCH3 is 2. The van der Waals surface area contributed by atoms with Crippen molar-refractivity contribution >= 4 is 28.7 Å². The average molecular weight is 440 g/mol. The Hall–Kier alpha value is -3.82. The number of ether oxygens (including phenoxy) is 2. The zero-order chi connectivity index (χ0) is 22.7. The second kappa shape index (κ2) is 9.13. The minimum Gasteiger partial charge on any atom is -0.493 e. The fourth-order valence-corrected chi connectivity index (χ4v) is 3.86. The van der Waals surface area contributed by atoms with Gasteiger partial charge in [0.1, 0.15) is 11.1 Å². The van der Waals surface area contributed by atoms with Gasteiger partial charge in [0.15, 0.2) is 17.1 Å². The summed E-state index contributed by atoms with van der Waals surface area (Å²) in [7, 11) is 2.80. The van der Waals surface area contributed by atoms with E-state index in [0.29, 0.717) is 12.6 Å². The monoisotopic (exact) mass is 440 g/mol. The van der Waals surface area contributed by atoms with Crippen LogP contribution in [-0.2, 0) is 0 Å². The molecule has 2 aromatic carbocycles. The summed E-state index contributed by atoms with van der Waals surface area (Å²) in [6.45, 7) is 1.93. The lowest BCUT2D eigenvalue weighted by atomic mass is 9.97. The van der Waals surface area contributed by atoms with Crippen LogP contribution in [0.25, 0.3) is 11.1 Å². The predicted octanol–water partition coefficient (Wildman–Crippen LogP) is 3.40. The lowest BCUT2D eigenvalue weighted by Crippen LogP contribution is -2.39. The normalized spacial score (nSPS) is 14.4. The maximum Gasteiger partial charge on any atom is 0.298 e. The first-order valence-electron chi connectivity index (χ1n) is 10.3. The van der Waals surface area contributed by atoms with Gasteiger partial charge in [-0.3, -0.25) is 14.9 Å². The Morgan fingerprint density at radius 3 is 2.56 bits per heavy atom. The van der Waals surface area contributed by atoms with Gasteiger partial charge in [0, 0.05) is 25.7 Å². The number of nitrogens with one attached hydrogen (secondary N) is 1. The molecule has 1 aromatic heterocycles. The number of hydrogen-bond acceptors (Lipinski definition) is 8. The Balaban J connectivity index is 1.37. The number of nitrogens with zero attached hydrogens (tertiary/aromatic N) is 3. The molecule has 0 bridgehead atoms. The first kappa shape index (κ1) is 21.4. The summed E-state index contributed by atoms with van der Waals surface area (Å²) in [4.78, 5) is 30.2. The van der Waals surface area contributed by atoms with E-state index in [1.807, 2.05) is 24.3 Å². The standard InChI is InChI=1S/C22H24N4O6/c1-30-19-11-15(17(26(28)29)12-20(19)31-2)21(27)23-13-14-7-9-25(10-8-14)22-24-16-5-3-4-6-18(16)32-22/h3-6,11-12,14H,7-10,13H2,1-2H3,(H,23,27). The topological polar surface area (TPSA) is 120 Å². The highest BCUT2D eigenvalue weighted by Crippen LogP contribution is 2.34. The number of benzene rings is 2. The van der Waals surface area contributed by atoms with Gasteiger partial charge in [-0.05, 0) is 30.9 Å². The van der Waals surface area contributed by atoms with Gasteiger partial charge in [-0.2, -0.15) is 4.98 Å². The van der Waals surface area contributed by atoms with Crippen LogP contribution in [0.1, 0.15) is 23.2 Å². The summed E-state index contributed by atoms with van der Waals surface area (Å²) >= 11 is 0. The van der Waals surface area contributed by atoms with Crippen molar-refractivity contribution in [1.29, 1.82) is 0 Å². The van der Waals surface area contributed by atoms with Gasteiger partial charge in [0.05, 0.1) is 25.2 Å². The van der Waals surface area contributed by atoms with Crippen LogP contribution in [0.15, 0.2) is 40.8 Å². The van der Waals surface area contributed by atoms with Crippen LogP contribution in [-0.4, -0.2) is 49.7 Å². The number of aromatic nitrogens is 1. The van der Waals surface area contributed by atoms with Gasteiger partial charge in [0.2, 0.25) is 0 Å². The number of oxazole rings is 1. The summed E-state index contributed by atoms with van der Waals surface area (Å²) in [5, 5.41) is 14.3. The maximum absolute atomic E-state index is 12.7. The van der Waals surface area contributed by atoms with E-state index in [1.54, 1.807) is 0 Å². The number of carbonyl (C=O) groups is 1. The molecular weight excluding hydrogens is 416 g/mol. The first-order valence-corrected chi connectivity index (χ1v) is 10.3. The van der Waals surface area contributed by atoms with E-state index in [0.717, 1.165) is 37.0 Å². The number of hydrogen-bond donors (Lipinski definition) is 1. The second-order valence-electron chi connectivity index (χ2n) is 7.59. The third-order valence-electron chi connectivity index (χ3n) is 5.66. The molecule has 0 saturated carbocycles. The molecule has 10 heteroatoms. The van der Waals surface area contributed by atoms with E-state index in [1.165, 1.54) is 26.4 Å². The fraction of sp³-hybridized carbons (Fsp3) is 0.364. The number of fused-ring (bicyclic) bond motifs is 1. The second-order valence-corrected chi connectivity index (χ2v) is 7.59. The Morgan fingerprint density at radius 2 is 1.91 bits per heavy atom. The van der Waals surface area contributed by atoms with Crippen LogP contribution in [0.3, 0.4) is 0 Å². The lowest BCUT2D eigenvalue weighted by Gasteiger charge is -2.30. The van der Waals surface area contributed by atoms with Crippen molar-refractivity contribution in [2.24, 2.45) is 5.92 Å². The molecule has 1 aliphatic rings. The van der Waals surface area contributed by atoms with E-state index < -0.39 is 10.8 Å². The zero-order valence-corrected chi connectivity index (χ0v) is 17.9. The molecule has 4 rings (SSSR count). The molecule has 1 amide bonds. The van der Waals surface area contributed by atoms with Crippen LogP contribution in [0.5, 0.6) is 11.5 Å². The molecule has 1 fully saturated rings. The van der Waals surface area contributed by atoms with Crippen molar-refractivity contribution in [2.45, 2.75) is 12.8 Å². The molecule has 0 spiro atoms. The van der Waals surface area contributed by atoms with E-state index in [9.17, 15) is 14.9 Å². The summed E-state index contributed by atoms with van der Waals surface area (Å²) in [5.74, 6) is 0.190. The quantitative estimate of drug-likeness (QED) is 0.438. The number of nitro benzene ring substituents is 1. The molecule has 32 heavy (non-hydrogen) atoms. The first-order chi connectivity index (χ1) is 15.5. The van der Waals surface area contributed by atoms with Gasteiger partial charge in [-0.25, -0.2) is 0 Å². The van der Waals surface area contributed by atoms with Crippen LogP contribution in [0.4, 0.5) is 11.7 Å². The number of amides is 1. The van der Waals surface area contributed by atoms with Crippen LogP contribution >= 0.6 is 0 Å². The number of para-hydroxylation sites is 2. The molecule has 168 valence electrons. The summed E-state index contributed by atoms with van der Waals surface area (Å²) in [5.41, 5.74) is 1.20. The third-order valence-corrected chi connectivity index (χ3v) is 5.66. The zero-order valence-electron chi connectivity index (χ0n) is 17.9. The molecule has 10 nitrogen and oxygen atoms in total. The van der Waals surface area contributed by atoms with Gasteiger partial charge < -0.3 is 24.1 Å². The summed E-state index contributed by atoms with van der Waals surface area (Å²) in [6.07, 6.45) is 1.68. The highest BCUT2D eigenvalue weighted by molar-refractivity contribution is 5.99. The summed E-state index contributed by atoms with van der Waals surface area (Å²) < 4.78 is 16.1. The van der Waals surface area contributed by atoms with Crippen molar-refractivity contribution in [3.05, 3.63) is 52.1 Å². The number of rotatable bonds is 7.